The monoisotopic (exact) mass is 192 g/mol. The number of nitrogens with zero attached hydrogens (tertiary/aromatic N) is 1. The van der Waals surface area contributed by atoms with E-state index in [1.54, 1.807) is 0 Å². The second-order valence-electron chi connectivity index (χ2n) is 2.10. The van der Waals surface area contributed by atoms with Crippen LogP contribution in [-0.4, -0.2) is 16.1 Å². The zero-order chi connectivity index (χ0) is 10.2. The van der Waals surface area contributed by atoms with Gasteiger partial charge < -0.3 is 10.8 Å². The van der Waals surface area contributed by atoms with E-state index >= 15 is 0 Å². The molecule has 0 aromatic carbocycles. The summed E-state index contributed by atoms with van der Waals surface area (Å²) in [5.74, 6) is -6.89. The second-order valence-corrected chi connectivity index (χ2v) is 2.10. The number of hydrogen-bond acceptors (Lipinski definition) is 3. The minimum atomic E-state index is -1.80. The van der Waals surface area contributed by atoms with Gasteiger partial charge >= 0.3 is 5.97 Å². The Balaban J connectivity index is 3.53. The fraction of sp³-hybridized carbons (Fsp3) is 0. The molecule has 1 aromatic heterocycles. The summed E-state index contributed by atoms with van der Waals surface area (Å²) in [5, 5.41) is 8.31. The topological polar surface area (TPSA) is 76.2 Å². The molecule has 7 heteroatoms. The molecule has 1 rings (SSSR count). The molecule has 0 fully saturated rings. The zero-order valence-corrected chi connectivity index (χ0v) is 6.01. The summed E-state index contributed by atoms with van der Waals surface area (Å²) in [6.45, 7) is 0. The Morgan fingerprint density at radius 2 is 1.85 bits per heavy atom. The van der Waals surface area contributed by atoms with Gasteiger partial charge in [0.1, 0.15) is 5.56 Å². The van der Waals surface area contributed by atoms with Crippen molar-refractivity contribution in [1.82, 2.24) is 4.98 Å². The molecule has 1 aromatic rings. The van der Waals surface area contributed by atoms with Crippen LogP contribution >= 0.6 is 0 Å². The average Bonchev–Trinajstić information content (AvgIpc) is 1.99. The number of carbonyl (C=O) groups is 1. The van der Waals surface area contributed by atoms with Crippen LogP contribution in [0.2, 0.25) is 0 Å². The van der Waals surface area contributed by atoms with E-state index in [0.29, 0.717) is 0 Å². The Morgan fingerprint density at radius 3 is 2.31 bits per heavy atom. The van der Waals surface area contributed by atoms with Gasteiger partial charge in [0.05, 0.1) is 5.69 Å². The largest absolute Gasteiger partial charge is 0.477 e. The highest BCUT2D eigenvalue weighted by atomic mass is 19.2. The van der Waals surface area contributed by atoms with Gasteiger partial charge in [-0.05, 0) is 0 Å². The van der Waals surface area contributed by atoms with Gasteiger partial charge in [-0.2, -0.15) is 18.2 Å². The molecule has 0 amide bonds. The van der Waals surface area contributed by atoms with E-state index in [4.69, 9.17) is 10.8 Å². The predicted octanol–water partition coefficient (Wildman–Crippen LogP) is 0.779. The molecule has 0 aliphatic heterocycles. The summed E-state index contributed by atoms with van der Waals surface area (Å²) in [7, 11) is 0. The minimum Gasteiger partial charge on any atom is -0.477 e. The molecule has 0 bridgehead atoms. The first kappa shape index (κ1) is 9.30. The number of carboxylic acids is 1. The van der Waals surface area contributed by atoms with Crippen molar-refractivity contribution in [2.24, 2.45) is 0 Å². The molecule has 0 aliphatic carbocycles. The summed E-state index contributed by atoms with van der Waals surface area (Å²) in [6, 6.07) is 0. The van der Waals surface area contributed by atoms with Crippen LogP contribution in [0.5, 0.6) is 0 Å². The minimum absolute atomic E-state index is 1.10. The number of rotatable bonds is 1. The third kappa shape index (κ3) is 1.40. The predicted molar refractivity (Wildman–Crippen MR) is 35.5 cm³/mol. The quantitative estimate of drug-likeness (QED) is 0.644. The lowest BCUT2D eigenvalue weighted by Gasteiger charge is -2.02. The lowest BCUT2D eigenvalue weighted by atomic mass is 10.2. The third-order valence-electron chi connectivity index (χ3n) is 1.30. The molecule has 0 radical (unpaired) electrons. The average molecular weight is 192 g/mol. The first-order valence-corrected chi connectivity index (χ1v) is 2.98. The Labute approximate surface area is 69.8 Å². The number of aromatic nitrogens is 1. The highest BCUT2D eigenvalue weighted by Crippen LogP contribution is 2.19. The van der Waals surface area contributed by atoms with Crippen molar-refractivity contribution in [2.75, 3.05) is 5.73 Å². The van der Waals surface area contributed by atoms with Crippen LogP contribution in [-0.2, 0) is 0 Å². The zero-order valence-electron chi connectivity index (χ0n) is 6.01. The third-order valence-corrected chi connectivity index (χ3v) is 1.30. The number of nitrogens with two attached hydrogens (primary N) is 1. The van der Waals surface area contributed by atoms with Crippen LogP contribution in [0.1, 0.15) is 10.4 Å². The maximum Gasteiger partial charge on any atom is 0.342 e. The van der Waals surface area contributed by atoms with E-state index in [1.807, 2.05) is 0 Å². The molecule has 0 spiro atoms. The number of pyridine rings is 1. The van der Waals surface area contributed by atoms with Crippen LogP contribution in [0.4, 0.5) is 18.9 Å². The van der Waals surface area contributed by atoms with Crippen LogP contribution in [0.25, 0.3) is 0 Å². The lowest BCUT2D eigenvalue weighted by Crippen LogP contribution is -2.12. The van der Waals surface area contributed by atoms with Gasteiger partial charge in [0.15, 0.2) is 0 Å². The van der Waals surface area contributed by atoms with E-state index in [1.165, 1.54) is 0 Å². The van der Waals surface area contributed by atoms with Crippen LogP contribution < -0.4 is 5.73 Å². The van der Waals surface area contributed by atoms with Crippen LogP contribution in [0.15, 0.2) is 0 Å². The van der Waals surface area contributed by atoms with Crippen molar-refractivity contribution in [3.8, 4) is 0 Å². The summed E-state index contributed by atoms with van der Waals surface area (Å²) in [6.07, 6.45) is 0. The Kier molecular flexibility index (Phi) is 2.09. The highest BCUT2D eigenvalue weighted by Gasteiger charge is 2.22. The fourth-order valence-corrected chi connectivity index (χ4v) is 0.727. The van der Waals surface area contributed by atoms with E-state index in [0.717, 1.165) is 0 Å². The molecule has 3 N–H and O–H groups in total. The number of nitrogen functional groups attached to an aromatic ring is 1. The molecule has 0 aliphatic rings. The molecule has 13 heavy (non-hydrogen) atoms. The maximum atomic E-state index is 12.6. The SMILES string of the molecule is Nc1c(F)c(F)nc(F)c1C(=O)O. The molecular weight excluding hydrogens is 189 g/mol. The van der Waals surface area contributed by atoms with Crippen molar-refractivity contribution < 1.29 is 23.1 Å². The number of aromatic carboxylic acids is 1. The van der Waals surface area contributed by atoms with Gasteiger partial charge in [0.25, 0.3) is 5.95 Å². The van der Waals surface area contributed by atoms with Crippen molar-refractivity contribution in [2.45, 2.75) is 0 Å². The van der Waals surface area contributed by atoms with Crippen LogP contribution in [0, 0.1) is 17.7 Å². The van der Waals surface area contributed by atoms with Gasteiger partial charge in [0.2, 0.25) is 11.8 Å². The second kappa shape index (κ2) is 2.92. The summed E-state index contributed by atoms with van der Waals surface area (Å²) in [4.78, 5) is 12.6. The highest BCUT2D eigenvalue weighted by molar-refractivity contribution is 5.93. The smallest absolute Gasteiger partial charge is 0.342 e. The lowest BCUT2D eigenvalue weighted by molar-refractivity contribution is 0.0691. The molecule has 0 unspecified atom stereocenters. The Morgan fingerprint density at radius 1 is 1.31 bits per heavy atom. The number of hydrogen-bond donors (Lipinski definition) is 2. The van der Waals surface area contributed by atoms with Gasteiger partial charge in [-0.15, -0.1) is 0 Å². The van der Waals surface area contributed by atoms with E-state index < -0.39 is 34.9 Å². The van der Waals surface area contributed by atoms with E-state index in [2.05, 4.69) is 4.98 Å². The first-order chi connectivity index (χ1) is 5.95. The fourth-order valence-electron chi connectivity index (χ4n) is 0.727. The normalized spacial score (nSPS) is 10.1. The molecule has 0 saturated carbocycles. The van der Waals surface area contributed by atoms with E-state index in [9.17, 15) is 18.0 Å². The van der Waals surface area contributed by atoms with Gasteiger partial charge in [-0.25, -0.2) is 4.79 Å². The number of anilines is 1. The number of carboxylic acid groups (broad SMARTS) is 1. The van der Waals surface area contributed by atoms with E-state index in [-0.39, 0.29) is 0 Å². The standard InChI is InChI=1S/C6H3F3N2O2/c7-2-3(10)1(6(12)13)4(8)11-5(2)9/h(H2,10,11)(H,12,13). The van der Waals surface area contributed by atoms with Crippen molar-refractivity contribution >= 4 is 11.7 Å². The van der Waals surface area contributed by atoms with Crippen molar-refractivity contribution in [1.29, 1.82) is 0 Å². The van der Waals surface area contributed by atoms with Crippen LogP contribution in [0.3, 0.4) is 0 Å². The molecular formula is C6H3F3N2O2. The molecule has 4 nitrogen and oxygen atoms in total. The summed E-state index contributed by atoms with van der Waals surface area (Å²) in [5.41, 5.74) is 2.54. The molecule has 0 saturated heterocycles. The molecule has 1 heterocycles. The number of halogens is 3. The first-order valence-electron chi connectivity index (χ1n) is 2.98. The Hall–Kier alpha value is -1.79. The van der Waals surface area contributed by atoms with Crippen molar-refractivity contribution in [3.63, 3.8) is 0 Å². The van der Waals surface area contributed by atoms with Gasteiger partial charge in [0, 0.05) is 0 Å². The van der Waals surface area contributed by atoms with Gasteiger partial charge in [-0.3, -0.25) is 0 Å². The molecule has 0 atom stereocenters. The van der Waals surface area contributed by atoms with Gasteiger partial charge in [-0.1, -0.05) is 0 Å². The maximum absolute atomic E-state index is 12.6. The van der Waals surface area contributed by atoms with Crippen molar-refractivity contribution in [3.05, 3.63) is 23.3 Å². The molecule has 70 valence electrons. The summed E-state index contributed by atoms with van der Waals surface area (Å²) < 4.78 is 37.4. The Bertz CT molecular complexity index is 381. The summed E-state index contributed by atoms with van der Waals surface area (Å²) >= 11 is 0.